The maximum Gasteiger partial charge on any atom is 0.216 e. The molecule has 0 aliphatic carbocycles. The van der Waals surface area contributed by atoms with Crippen molar-refractivity contribution < 1.29 is 80.6 Å². The van der Waals surface area contributed by atoms with E-state index in [-0.39, 0.29) is 113 Å². The maximum absolute atomic E-state index is 9.29. The fourth-order valence-electron chi connectivity index (χ4n) is 11.7. The monoisotopic (exact) mass is 1760 g/mol. The molecule has 12 heteroatoms. The van der Waals surface area contributed by atoms with Gasteiger partial charge in [0.25, 0.3) is 0 Å². The van der Waals surface area contributed by atoms with Crippen LogP contribution in [0.2, 0.25) is 0 Å². The number of benzene rings is 8. The van der Waals surface area contributed by atoms with Crippen LogP contribution in [0.3, 0.4) is 0 Å². The molecule has 0 aliphatic rings. The molecule has 0 saturated heterocycles. The van der Waals surface area contributed by atoms with Gasteiger partial charge < -0.3 is 28.8 Å². The molecule has 0 aliphatic heterocycles. The summed E-state index contributed by atoms with van der Waals surface area (Å²) in [7, 11) is 0. The SMILES string of the molecule is [2H]C([2H])([2H])c1c[c-]c(-c2ccc(C([2H])([2H])C(C)(C)C)cn2)cc1-c1ccccc1.[2H]C([2H])([2H])c1ccc(-c2[c-]cc(C([2H])([2H])[2H])c(-c3ccccc3)c2)nc1.[2H]C([2H])([2H])c1cnc(-c2[c-]ccc3c2oc2nc(C)ccc23)cc1-c1ccc(C#N)cc1C([2H])([2H])[2H].[2H]C([2H])([2H])c1cnc(-c2[c-]ccc3c2oc2nc(C)ccc23)cc1-c1ccc(C#N)cc1C([2H])([2H])[2H].[Ir].[Ir]. The molecule has 0 bridgehead atoms. The largest absolute Gasteiger partial charge is 0.486 e. The van der Waals surface area contributed by atoms with Gasteiger partial charge in [0.15, 0.2) is 0 Å². The molecule has 0 N–H and O–H groups in total. The number of hydrogen-bond acceptors (Lipinski definition) is 10. The molecule has 106 heavy (non-hydrogen) atoms. The first kappa shape index (κ1) is 50.9. The summed E-state index contributed by atoms with van der Waals surface area (Å²) in [5, 5.41) is 21.8. The van der Waals surface area contributed by atoms with E-state index in [1.807, 2.05) is 144 Å². The Labute approximate surface area is 680 Å². The van der Waals surface area contributed by atoms with Crippen LogP contribution in [0.15, 0.2) is 240 Å². The van der Waals surface area contributed by atoms with E-state index in [1.165, 1.54) is 85.3 Å². The second-order valence-corrected chi connectivity index (χ2v) is 25.3. The molecule has 0 saturated carbocycles. The maximum atomic E-state index is 9.29. The molecule has 16 rings (SSSR count). The third kappa shape index (κ3) is 17.0. The summed E-state index contributed by atoms with van der Waals surface area (Å²) in [6, 6.07) is 74.1. The third-order valence-corrected chi connectivity index (χ3v) is 16.7. The molecule has 526 valence electrons. The Morgan fingerprint density at radius 2 is 0.868 bits per heavy atom. The van der Waals surface area contributed by atoms with E-state index in [2.05, 4.69) is 54.2 Å². The molecule has 0 spiro atoms. The second-order valence-electron chi connectivity index (χ2n) is 25.3. The van der Waals surface area contributed by atoms with Gasteiger partial charge in [0.05, 0.1) is 34.4 Å². The van der Waals surface area contributed by atoms with Gasteiger partial charge in [-0.05, 0) is 198 Å². The summed E-state index contributed by atoms with van der Waals surface area (Å²) >= 11 is 0. The van der Waals surface area contributed by atoms with Crippen molar-refractivity contribution >= 4 is 44.1 Å². The number of aromatic nitrogens is 6. The van der Waals surface area contributed by atoms with E-state index < -0.39 is 59.8 Å². The number of nitrogens with zero attached hydrogens (tertiary/aromatic N) is 8. The van der Waals surface area contributed by atoms with Gasteiger partial charge >= 0.3 is 0 Å². The fraction of sp³-hybridized carbons (Fsp3) is 0.149. The Hall–Kier alpha value is -11.5. The third-order valence-electron chi connectivity index (χ3n) is 16.7. The molecule has 0 amide bonds. The second kappa shape index (κ2) is 33.1. The average Bonchev–Trinajstić information content (AvgIpc) is 1.65. The number of fused-ring (bicyclic) bond motifs is 6. The van der Waals surface area contributed by atoms with E-state index >= 15 is 0 Å². The zero-order valence-electron chi connectivity index (χ0n) is 80.5. The first-order valence-corrected chi connectivity index (χ1v) is 32.7. The molecule has 10 nitrogen and oxygen atoms in total. The van der Waals surface area contributed by atoms with Crippen molar-refractivity contribution in [1.29, 1.82) is 10.5 Å². The van der Waals surface area contributed by atoms with Gasteiger partial charge in [-0.25, -0.2) is 9.97 Å². The van der Waals surface area contributed by atoms with Crippen LogP contribution in [0.4, 0.5) is 0 Å². The van der Waals surface area contributed by atoms with Gasteiger partial charge in [-0.15, -0.1) is 95.1 Å². The number of furan rings is 2. The summed E-state index contributed by atoms with van der Waals surface area (Å²) in [6.07, 6.45) is 3.81. The first-order chi connectivity index (χ1) is 59.5. The average molecular weight is 1760 g/mol. The van der Waals surface area contributed by atoms with Crippen molar-refractivity contribution in [2.45, 2.75) is 89.0 Å². The Kier molecular flexibility index (Phi) is 15.9. The van der Waals surface area contributed by atoms with Gasteiger partial charge in [0.2, 0.25) is 11.4 Å². The van der Waals surface area contributed by atoms with Crippen LogP contribution in [0.1, 0.15) is 119 Å². The topological polar surface area (TPSA) is 151 Å². The summed E-state index contributed by atoms with van der Waals surface area (Å²) < 4.78 is 194. The number of pyridine rings is 6. The molecule has 8 aromatic heterocycles. The molecule has 16 aromatic rings. The van der Waals surface area contributed by atoms with Gasteiger partial charge in [-0.3, -0.25) is 0 Å². The molecular weight excluding hydrogens is 1660 g/mol. The van der Waals surface area contributed by atoms with Crippen LogP contribution in [0.25, 0.3) is 134 Å². The van der Waals surface area contributed by atoms with E-state index in [9.17, 15) is 10.5 Å². The molecule has 0 atom stereocenters. The van der Waals surface area contributed by atoms with Crippen LogP contribution in [0.5, 0.6) is 0 Å². The summed E-state index contributed by atoms with van der Waals surface area (Å²) in [5.41, 5.74) is 11.6. The summed E-state index contributed by atoms with van der Waals surface area (Å²) in [6.45, 7) is -7.71. The predicted molar refractivity (Wildman–Crippen MR) is 421 cm³/mol. The normalized spacial score (nSPS) is 15.1. The molecule has 8 heterocycles. The summed E-state index contributed by atoms with van der Waals surface area (Å²) in [4.78, 5) is 26.4. The number of aryl methyl sites for hydroxylation is 9. The van der Waals surface area contributed by atoms with Crippen LogP contribution < -0.4 is 0 Å². The van der Waals surface area contributed by atoms with Crippen molar-refractivity contribution in [1.82, 2.24) is 29.9 Å². The predicted octanol–water partition coefficient (Wildman–Crippen LogP) is 23.6. The van der Waals surface area contributed by atoms with Gasteiger partial charge in [-0.1, -0.05) is 177 Å². The Morgan fingerprint density at radius 3 is 1.27 bits per heavy atom. The van der Waals surface area contributed by atoms with Crippen molar-refractivity contribution in [3.05, 3.63) is 322 Å². The van der Waals surface area contributed by atoms with Crippen LogP contribution in [-0.4, -0.2) is 29.9 Å². The molecule has 0 fully saturated rings. The van der Waals surface area contributed by atoms with Crippen LogP contribution in [-0.2, 0) is 46.6 Å². The minimum Gasteiger partial charge on any atom is -0.486 e. The van der Waals surface area contributed by atoms with Gasteiger partial charge in [0, 0.05) is 119 Å². The Morgan fingerprint density at radius 1 is 0.415 bits per heavy atom. The first-order valence-electron chi connectivity index (χ1n) is 44.2. The van der Waals surface area contributed by atoms with E-state index in [0.717, 1.165) is 44.1 Å². The van der Waals surface area contributed by atoms with E-state index in [0.29, 0.717) is 84.3 Å². The Bertz CT molecular complexity index is 6650. The van der Waals surface area contributed by atoms with E-state index in [4.69, 9.17) is 40.4 Å². The zero-order valence-corrected chi connectivity index (χ0v) is 62.3. The zero-order chi connectivity index (χ0) is 92.1. The molecular formula is C94H76Ir2N8O2-4. The van der Waals surface area contributed by atoms with Gasteiger partial charge in [-0.2, -0.15) is 10.5 Å². The smallest absolute Gasteiger partial charge is 0.216 e. The van der Waals surface area contributed by atoms with Crippen LogP contribution >= 0.6 is 0 Å². The van der Waals surface area contributed by atoms with Crippen molar-refractivity contribution in [2.75, 3.05) is 0 Å². The molecule has 0 unspecified atom stereocenters. The van der Waals surface area contributed by atoms with Crippen molar-refractivity contribution in [3.8, 4) is 102 Å². The minimum absolute atomic E-state index is 0. The standard InChI is InChI=1S/2C26H18N3O.C23H24N.C19H16N.2Ir/c2*1-15-11-18(13-27)8-10-19(15)23-12-24(28-14-16(23)2)22-6-4-5-20-21-9-7-17(3)29-26(21)30-25(20)22;1-17-10-12-20(14-21(17)19-8-6-5-7-9-19)22-13-11-18(16-24-22)15-23(2,3)4;1-14-8-11-19(20-13-14)17-10-9-15(2)18(12-17)16-6-4-3-5-7-16;;/h2*4-5,7-12,14H,1-3H3;5-11,13-14,16H,15H2,1-4H3;3-9,11-13H,1-2H3;;/q4*-1;;/i2*1D3,2D3;1D3,15D2;1D3,2D3;;. The quantitative estimate of drug-likeness (QED) is 0.128. The minimum atomic E-state index is -2.58. The number of nitriles is 2. The fourth-order valence-corrected chi connectivity index (χ4v) is 11.7. The van der Waals surface area contributed by atoms with Crippen molar-refractivity contribution in [3.63, 3.8) is 0 Å². The van der Waals surface area contributed by atoms with Crippen LogP contribution in [0, 0.1) is 114 Å². The summed E-state index contributed by atoms with van der Waals surface area (Å²) in [5.74, 6) is 0. The number of rotatable bonds is 9. The Balaban J connectivity index is 0.000000167. The van der Waals surface area contributed by atoms with E-state index in [1.54, 1.807) is 48.7 Å². The molecule has 8 aromatic carbocycles. The molecule has 2 radical (unpaired) electrons. The van der Waals surface area contributed by atoms with Crippen molar-refractivity contribution in [2.24, 2.45) is 5.41 Å². The van der Waals surface area contributed by atoms with Gasteiger partial charge in [0.1, 0.15) is 0 Å². The number of hydrogen-bond donors (Lipinski definition) is 0.